The first kappa shape index (κ1) is 13.8. The second kappa shape index (κ2) is 6.47. The Morgan fingerprint density at radius 1 is 1.59 bits per heavy atom. The van der Waals surface area contributed by atoms with Gasteiger partial charge in [0, 0.05) is 18.6 Å². The van der Waals surface area contributed by atoms with Gasteiger partial charge < -0.3 is 15.2 Å². The second-order valence-corrected chi connectivity index (χ2v) is 4.09. The standard InChI is InChI=1S/C12H16ClNO3/c1-8-3-4-9(5-11(8)15)12(16)14-10(6-13)7-17-2/h3-5,10,15H,6-7H2,1-2H3,(H,14,16). The van der Waals surface area contributed by atoms with Crippen LogP contribution in [0.4, 0.5) is 0 Å². The minimum Gasteiger partial charge on any atom is -0.508 e. The van der Waals surface area contributed by atoms with Crippen molar-refractivity contribution in [2.45, 2.75) is 13.0 Å². The number of nitrogens with one attached hydrogen (secondary N) is 1. The molecule has 0 aliphatic carbocycles. The Morgan fingerprint density at radius 2 is 2.29 bits per heavy atom. The number of phenolic OH excluding ortho intramolecular Hbond substituents is 1. The van der Waals surface area contributed by atoms with Gasteiger partial charge in [0.1, 0.15) is 5.75 Å². The van der Waals surface area contributed by atoms with Gasteiger partial charge in [0.2, 0.25) is 0 Å². The zero-order chi connectivity index (χ0) is 12.8. The molecule has 17 heavy (non-hydrogen) atoms. The third-order valence-corrected chi connectivity index (χ3v) is 2.73. The molecule has 0 bridgehead atoms. The lowest BCUT2D eigenvalue weighted by Gasteiger charge is -2.15. The van der Waals surface area contributed by atoms with Crippen LogP contribution in [0.3, 0.4) is 0 Å². The molecule has 1 amide bonds. The van der Waals surface area contributed by atoms with Gasteiger partial charge in [-0.25, -0.2) is 0 Å². The average molecular weight is 258 g/mol. The van der Waals surface area contributed by atoms with Crippen molar-refractivity contribution in [2.75, 3.05) is 19.6 Å². The number of hydrogen-bond acceptors (Lipinski definition) is 3. The molecule has 0 spiro atoms. The van der Waals surface area contributed by atoms with Gasteiger partial charge in [-0.3, -0.25) is 4.79 Å². The van der Waals surface area contributed by atoms with E-state index in [0.717, 1.165) is 5.56 Å². The molecule has 1 aromatic rings. The van der Waals surface area contributed by atoms with E-state index >= 15 is 0 Å². The summed E-state index contributed by atoms with van der Waals surface area (Å²) in [5, 5.41) is 12.2. The van der Waals surface area contributed by atoms with Crippen LogP contribution in [-0.2, 0) is 4.74 Å². The number of methoxy groups -OCH3 is 1. The minimum atomic E-state index is -0.275. The lowest BCUT2D eigenvalue weighted by Crippen LogP contribution is -2.39. The number of hydrogen-bond donors (Lipinski definition) is 2. The lowest BCUT2D eigenvalue weighted by molar-refractivity contribution is 0.0906. The van der Waals surface area contributed by atoms with E-state index in [0.29, 0.717) is 12.2 Å². The largest absolute Gasteiger partial charge is 0.508 e. The first-order chi connectivity index (χ1) is 8.08. The monoisotopic (exact) mass is 257 g/mol. The van der Waals surface area contributed by atoms with E-state index < -0.39 is 0 Å². The third kappa shape index (κ3) is 3.91. The Kier molecular flexibility index (Phi) is 5.25. The first-order valence-electron chi connectivity index (χ1n) is 5.24. The summed E-state index contributed by atoms with van der Waals surface area (Å²) >= 11 is 5.69. The van der Waals surface area contributed by atoms with Crippen LogP contribution in [0.15, 0.2) is 18.2 Å². The van der Waals surface area contributed by atoms with E-state index in [-0.39, 0.29) is 23.6 Å². The Bertz CT molecular complexity index is 395. The summed E-state index contributed by atoms with van der Waals surface area (Å²) in [4.78, 5) is 11.8. The molecule has 0 heterocycles. The number of alkyl halides is 1. The van der Waals surface area contributed by atoms with E-state index in [2.05, 4.69) is 5.32 Å². The molecule has 94 valence electrons. The number of aromatic hydroxyl groups is 1. The zero-order valence-corrected chi connectivity index (χ0v) is 10.6. The van der Waals surface area contributed by atoms with Crippen molar-refractivity contribution in [2.24, 2.45) is 0 Å². The summed E-state index contributed by atoms with van der Waals surface area (Å²) in [5.74, 6) is 0.104. The quantitative estimate of drug-likeness (QED) is 0.789. The van der Waals surface area contributed by atoms with Crippen LogP contribution in [0.2, 0.25) is 0 Å². The van der Waals surface area contributed by atoms with Crippen LogP contribution in [0.1, 0.15) is 15.9 Å². The maximum Gasteiger partial charge on any atom is 0.251 e. The SMILES string of the molecule is COCC(CCl)NC(=O)c1ccc(C)c(O)c1. The maximum absolute atomic E-state index is 11.8. The fourth-order valence-electron chi connectivity index (χ4n) is 1.35. The number of halogens is 1. The van der Waals surface area contributed by atoms with Crippen LogP contribution >= 0.6 is 11.6 Å². The number of ether oxygens (including phenoxy) is 1. The molecule has 5 heteroatoms. The predicted octanol–water partition coefficient (Wildman–Crippen LogP) is 1.68. The highest BCUT2D eigenvalue weighted by molar-refractivity contribution is 6.18. The first-order valence-corrected chi connectivity index (χ1v) is 5.77. The van der Waals surface area contributed by atoms with Gasteiger partial charge in [-0.2, -0.15) is 0 Å². The van der Waals surface area contributed by atoms with Crippen molar-refractivity contribution in [3.8, 4) is 5.75 Å². The summed E-state index contributed by atoms with van der Waals surface area (Å²) in [5.41, 5.74) is 1.13. The van der Waals surface area contributed by atoms with E-state index in [1.807, 2.05) is 0 Å². The molecule has 0 aliphatic rings. The molecule has 4 nitrogen and oxygen atoms in total. The predicted molar refractivity (Wildman–Crippen MR) is 66.7 cm³/mol. The molecule has 0 aromatic heterocycles. The smallest absolute Gasteiger partial charge is 0.251 e. The van der Waals surface area contributed by atoms with Crippen molar-refractivity contribution >= 4 is 17.5 Å². The molecule has 1 rings (SSSR count). The number of carbonyl (C=O) groups is 1. The number of benzene rings is 1. The Morgan fingerprint density at radius 3 is 2.82 bits per heavy atom. The number of phenols is 1. The Balaban J connectivity index is 2.72. The van der Waals surface area contributed by atoms with E-state index in [1.165, 1.54) is 6.07 Å². The normalized spacial score (nSPS) is 12.2. The fourth-order valence-corrected chi connectivity index (χ4v) is 1.51. The summed E-state index contributed by atoms with van der Waals surface area (Å²) in [6, 6.07) is 4.54. The molecule has 0 aliphatic heterocycles. The molecule has 0 radical (unpaired) electrons. The van der Waals surface area contributed by atoms with Gasteiger partial charge in [-0.15, -0.1) is 11.6 Å². The van der Waals surface area contributed by atoms with Crippen molar-refractivity contribution in [3.05, 3.63) is 29.3 Å². The second-order valence-electron chi connectivity index (χ2n) is 3.78. The maximum atomic E-state index is 11.8. The van der Waals surface area contributed by atoms with Gasteiger partial charge in [-0.1, -0.05) is 6.07 Å². The fraction of sp³-hybridized carbons (Fsp3) is 0.417. The summed E-state index contributed by atoms with van der Waals surface area (Å²) in [6.45, 7) is 2.12. The molecule has 1 atom stereocenters. The van der Waals surface area contributed by atoms with Gasteiger partial charge in [-0.05, 0) is 24.6 Å². The number of aryl methyl sites for hydroxylation is 1. The molecule has 0 saturated heterocycles. The van der Waals surface area contributed by atoms with Crippen molar-refractivity contribution in [3.63, 3.8) is 0 Å². The molecular weight excluding hydrogens is 242 g/mol. The highest BCUT2D eigenvalue weighted by Crippen LogP contribution is 2.17. The molecular formula is C12H16ClNO3. The summed E-state index contributed by atoms with van der Waals surface area (Å²) in [6.07, 6.45) is 0. The van der Waals surface area contributed by atoms with Gasteiger partial charge in [0.25, 0.3) is 5.91 Å². The number of rotatable bonds is 5. The van der Waals surface area contributed by atoms with Crippen LogP contribution in [0, 0.1) is 6.92 Å². The molecule has 1 aromatic carbocycles. The highest BCUT2D eigenvalue weighted by Gasteiger charge is 2.13. The topological polar surface area (TPSA) is 58.6 Å². The average Bonchev–Trinajstić information content (AvgIpc) is 2.31. The third-order valence-electron chi connectivity index (χ3n) is 2.36. The van der Waals surface area contributed by atoms with Crippen LogP contribution in [0.25, 0.3) is 0 Å². The van der Waals surface area contributed by atoms with Crippen molar-refractivity contribution < 1.29 is 14.6 Å². The Labute approximate surface area is 106 Å². The number of carbonyl (C=O) groups excluding carboxylic acids is 1. The van der Waals surface area contributed by atoms with Crippen molar-refractivity contribution in [1.82, 2.24) is 5.32 Å². The van der Waals surface area contributed by atoms with Crippen LogP contribution in [0.5, 0.6) is 5.75 Å². The van der Waals surface area contributed by atoms with Gasteiger partial charge in [0.05, 0.1) is 12.6 Å². The van der Waals surface area contributed by atoms with Gasteiger partial charge in [0.15, 0.2) is 0 Å². The Hall–Kier alpha value is -1.26. The highest BCUT2D eigenvalue weighted by atomic mass is 35.5. The summed E-state index contributed by atoms with van der Waals surface area (Å²) < 4.78 is 4.93. The zero-order valence-electron chi connectivity index (χ0n) is 9.87. The molecule has 2 N–H and O–H groups in total. The minimum absolute atomic E-state index is 0.104. The van der Waals surface area contributed by atoms with Crippen LogP contribution < -0.4 is 5.32 Å². The number of amides is 1. The van der Waals surface area contributed by atoms with E-state index in [9.17, 15) is 9.90 Å². The lowest BCUT2D eigenvalue weighted by atomic mass is 10.1. The van der Waals surface area contributed by atoms with E-state index in [4.69, 9.17) is 16.3 Å². The summed E-state index contributed by atoms with van der Waals surface area (Å²) in [7, 11) is 1.55. The molecule has 1 unspecified atom stereocenters. The van der Waals surface area contributed by atoms with Gasteiger partial charge >= 0.3 is 0 Å². The molecule has 0 fully saturated rings. The van der Waals surface area contributed by atoms with Crippen LogP contribution in [-0.4, -0.2) is 36.7 Å². The molecule has 0 saturated carbocycles. The van der Waals surface area contributed by atoms with Crippen molar-refractivity contribution in [1.29, 1.82) is 0 Å². The van der Waals surface area contributed by atoms with E-state index in [1.54, 1.807) is 26.2 Å².